The predicted octanol–water partition coefficient (Wildman–Crippen LogP) is 3.08. The van der Waals surface area contributed by atoms with Gasteiger partial charge in [0.1, 0.15) is 0 Å². The highest BCUT2D eigenvalue weighted by atomic mass is 16.2. The first kappa shape index (κ1) is 16.0. The molecule has 1 saturated heterocycles. The number of para-hydroxylation sites is 2. The van der Waals surface area contributed by atoms with Crippen LogP contribution in [0.15, 0.2) is 30.5 Å². The van der Waals surface area contributed by atoms with Crippen molar-refractivity contribution in [1.82, 2.24) is 15.5 Å². The average Bonchev–Trinajstić information content (AvgIpc) is 3.10. The number of fused-ring (bicyclic) bond motifs is 1. The molecule has 0 bridgehead atoms. The standard InChI is InChI=1S/C19H25N5O/c25-19(21-15-8-9-16-14(12-15)13-20-23-16)22-17-6-2-3-7-18(17)24-10-4-1-5-11-24/h2-3,6-7,13,15H,1,4-5,8-12H2,(H,20,23)(H2,21,22,25). The molecule has 1 unspecified atom stereocenters. The molecule has 1 atom stereocenters. The van der Waals surface area contributed by atoms with Crippen molar-refractivity contribution >= 4 is 17.4 Å². The van der Waals surface area contributed by atoms with Crippen LogP contribution in [0.3, 0.4) is 0 Å². The first-order valence-electron chi connectivity index (χ1n) is 9.22. The van der Waals surface area contributed by atoms with Crippen molar-refractivity contribution in [3.63, 3.8) is 0 Å². The molecule has 1 aliphatic carbocycles. The number of piperidine rings is 1. The number of H-pyrrole nitrogens is 1. The minimum absolute atomic E-state index is 0.124. The maximum atomic E-state index is 12.5. The van der Waals surface area contributed by atoms with E-state index in [1.165, 1.54) is 30.5 Å². The molecule has 6 heteroatoms. The van der Waals surface area contributed by atoms with Gasteiger partial charge in [-0.3, -0.25) is 5.10 Å². The number of aryl methyl sites for hydroxylation is 1. The summed E-state index contributed by atoms with van der Waals surface area (Å²) in [6.45, 7) is 2.12. The topological polar surface area (TPSA) is 73.1 Å². The second kappa shape index (κ2) is 7.17. The van der Waals surface area contributed by atoms with Crippen LogP contribution in [0.2, 0.25) is 0 Å². The highest BCUT2D eigenvalue weighted by Crippen LogP contribution is 2.28. The highest BCUT2D eigenvalue weighted by Gasteiger charge is 2.22. The predicted molar refractivity (Wildman–Crippen MR) is 99.1 cm³/mol. The zero-order valence-corrected chi connectivity index (χ0v) is 14.4. The fraction of sp³-hybridized carbons (Fsp3) is 0.474. The third kappa shape index (κ3) is 3.62. The molecule has 3 N–H and O–H groups in total. The lowest BCUT2D eigenvalue weighted by Crippen LogP contribution is -2.41. The van der Waals surface area contributed by atoms with Crippen LogP contribution in [-0.2, 0) is 12.8 Å². The molecule has 6 nitrogen and oxygen atoms in total. The average molecular weight is 339 g/mol. The Hall–Kier alpha value is -2.50. The van der Waals surface area contributed by atoms with Gasteiger partial charge in [0.25, 0.3) is 0 Å². The van der Waals surface area contributed by atoms with E-state index >= 15 is 0 Å². The lowest BCUT2D eigenvalue weighted by atomic mass is 9.94. The summed E-state index contributed by atoms with van der Waals surface area (Å²) >= 11 is 0. The van der Waals surface area contributed by atoms with Crippen LogP contribution < -0.4 is 15.5 Å². The Morgan fingerprint density at radius 3 is 2.92 bits per heavy atom. The van der Waals surface area contributed by atoms with Crippen molar-refractivity contribution in [1.29, 1.82) is 0 Å². The number of anilines is 2. The second-order valence-corrected chi connectivity index (χ2v) is 6.98. The van der Waals surface area contributed by atoms with Crippen LogP contribution in [0.4, 0.5) is 16.2 Å². The third-order valence-electron chi connectivity index (χ3n) is 5.20. The van der Waals surface area contributed by atoms with E-state index in [2.05, 4.69) is 31.8 Å². The Morgan fingerprint density at radius 2 is 2.04 bits per heavy atom. The second-order valence-electron chi connectivity index (χ2n) is 6.98. The Bertz CT molecular complexity index is 735. The van der Waals surface area contributed by atoms with Crippen LogP contribution in [0.1, 0.15) is 36.9 Å². The summed E-state index contributed by atoms with van der Waals surface area (Å²) in [6.07, 6.45) is 8.32. The monoisotopic (exact) mass is 339 g/mol. The summed E-state index contributed by atoms with van der Waals surface area (Å²) in [7, 11) is 0. The summed E-state index contributed by atoms with van der Waals surface area (Å²) in [4.78, 5) is 14.9. The lowest BCUT2D eigenvalue weighted by Gasteiger charge is -2.30. The largest absolute Gasteiger partial charge is 0.370 e. The van der Waals surface area contributed by atoms with E-state index in [1.54, 1.807) is 0 Å². The van der Waals surface area contributed by atoms with Crippen molar-refractivity contribution in [2.24, 2.45) is 0 Å². The van der Waals surface area contributed by atoms with Gasteiger partial charge in [-0.2, -0.15) is 5.10 Å². The van der Waals surface area contributed by atoms with E-state index in [9.17, 15) is 4.79 Å². The van der Waals surface area contributed by atoms with Crippen LogP contribution in [0, 0.1) is 0 Å². The first-order chi connectivity index (χ1) is 12.3. The fourth-order valence-electron chi connectivity index (χ4n) is 3.87. The molecule has 25 heavy (non-hydrogen) atoms. The SMILES string of the molecule is O=C(Nc1ccccc1N1CCCCC1)NC1CCc2[nH]ncc2C1. The molecule has 2 amide bonds. The molecule has 2 aliphatic rings. The maximum Gasteiger partial charge on any atom is 0.319 e. The Balaban J connectivity index is 1.40. The number of carbonyl (C=O) groups excluding carboxylic acids is 1. The van der Waals surface area contributed by atoms with E-state index in [0.717, 1.165) is 43.7 Å². The molecule has 0 spiro atoms. The van der Waals surface area contributed by atoms with E-state index < -0.39 is 0 Å². The van der Waals surface area contributed by atoms with Crippen molar-refractivity contribution in [3.8, 4) is 0 Å². The van der Waals surface area contributed by atoms with Crippen molar-refractivity contribution < 1.29 is 4.79 Å². The minimum atomic E-state index is -0.124. The third-order valence-corrected chi connectivity index (χ3v) is 5.20. The van der Waals surface area contributed by atoms with Crippen molar-refractivity contribution in [2.45, 2.75) is 44.6 Å². The molecule has 1 aromatic heterocycles. The van der Waals surface area contributed by atoms with E-state index in [4.69, 9.17) is 0 Å². The van der Waals surface area contributed by atoms with Gasteiger partial charge < -0.3 is 15.5 Å². The minimum Gasteiger partial charge on any atom is -0.370 e. The molecule has 1 fully saturated rings. The number of hydrogen-bond donors (Lipinski definition) is 3. The molecule has 0 saturated carbocycles. The maximum absolute atomic E-state index is 12.5. The van der Waals surface area contributed by atoms with Gasteiger partial charge in [0.15, 0.2) is 0 Å². The van der Waals surface area contributed by atoms with Gasteiger partial charge >= 0.3 is 6.03 Å². The Morgan fingerprint density at radius 1 is 1.20 bits per heavy atom. The number of nitrogens with one attached hydrogen (secondary N) is 3. The van der Waals surface area contributed by atoms with Gasteiger partial charge in [-0.1, -0.05) is 12.1 Å². The van der Waals surface area contributed by atoms with Crippen molar-refractivity contribution in [2.75, 3.05) is 23.3 Å². The van der Waals surface area contributed by atoms with Crippen LogP contribution >= 0.6 is 0 Å². The van der Waals surface area contributed by atoms with E-state index in [0.29, 0.717) is 0 Å². The zero-order valence-electron chi connectivity index (χ0n) is 14.4. The van der Waals surface area contributed by atoms with Gasteiger partial charge in [0.2, 0.25) is 0 Å². The number of rotatable bonds is 3. The summed E-state index contributed by atoms with van der Waals surface area (Å²) in [6, 6.07) is 8.13. The number of nitrogens with zero attached hydrogens (tertiary/aromatic N) is 2. The van der Waals surface area contributed by atoms with E-state index in [1.807, 2.05) is 24.4 Å². The Kier molecular flexibility index (Phi) is 4.59. The van der Waals surface area contributed by atoms with Gasteiger partial charge in [0.05, 0.1) is 17.6 Å². The molecule has 1 aromatic carbocycles. The van der Waals surface area contributed by atoms with Crippen LogP contribution in [0.5, 0.6) is 0 Å². The molecule has 2 heterocycles. The fourth-order valence-corrected chi connectivity index (χ4v) is 3.87. The summed E-state index contributed by atoms with van der Waals surface area (Å²) in [5.41, 5.74) is 4.43. The van der Waals surface area contributed by atoms with Crippen molar-refractivity contribution in [3.05, 3.63) is 41.7 Å². The molecular formula is C19H25N5O. The molecule has 2 aromatic rings. The van der Waals surface area contributed by atoms with Gasteiger partial charge in [-0.15, -0.1) is 0 Å². The quantitative estimate of drug-likeness (QED) is 0.804. The highest BCUT2D eigenvalue weighted by molar-refractivity contribution is 5.93. The molecular weight excluding hydrogens is 314 g/mol. The Labute approximate surface area is 148 Å². The number of benzene rings is 1. The molecule has 1 aliphatic heterocycles. The summed E-state index contributed by atoms with van der Waals surface area (Å²) in [5.74, 6) is 0. The molecule has 0 radical (unpaired) electrons. The number of urea groups is 1. The number of aromatic nitrogens is 2. The molecule has 4 rings (SSSR count). The summed E-state index contributed by atoms with van der Waals surface area (Å²) < 4.78 is 0. The lowest BCUT2D eigenvalue weighted by molar-refractivity contribution is 0.247. The van der Waals surface area contributed by atoms with Gasteiger partial charge in [-0.25, -0.2) is 4.79 Å². The first-order valence-corrected chi connectivity index (χ1v) is 9.22. The van der Waals surface area contributed by atoms with Gasteiger partial charge in [-0.05, 0) is 56.2 Å². The van der Waals surface area contributed by atoms with Gasteiger partial charge in [0, 0.05) is 24.8 Å². The smallest absolute Gasteiger partial charge is 0.319 e. The number of amides is 2. The number of hydrogen-bond acceptors (Lipinski definition) is 3. The van der Waals surface area contributed by atoms with Crippen LogP contribution in [-0.4, -0.2) is 35.4 Å². The zero-order chi connectivity index (χ0) is 17.1. The number of aromatic amines is 1. The normalized spacial score (nSPS) is 20.0. The molecule has 132 valence electrons. The van der Waals surface area contributed by atoms with Crippen LogP contribution in [0.25, 0.3) is 0 Å². The van der Waals surface area contributed by atoms with E-state index in [-0.39, 0.29) is 12.1 Å². The number of carbonyl (C=O) groups is 1. The summed E-state index contributed by atoms with van der Waals surface area (Å²) in [5, 5.41) is 13.3.